The summed E-state index contributed by atoms with van der Waals surface area (Å²) in [7, 11) is 0. The Morgan fingerprint density at radius 2 is 2.25 bits per heavy atom. The first-order valence-electron chi connectivity index (χ1n) is 7.06. The highest BCUT2D eigenvalue weighted by molar-refractivity contribution is 7.99. The van der Waals surface area contributed by atoms with Gasteiger partial charge in [-0.3, -0.25) is 4.79 Å². The Balaban J connectivity index is 1.72. The zero-order valence-electron chi connectivity index (χ0n) is 11.4. The van der Waals surface area contributed by atoms with Crippen LogP contribution in [-0.2, 0) is 4.79 Å². The van der Waals surface area contributed by atoms with Gasteiger partial charge < -0.3 is 10.4 Å². The summed E-state index contributed by atoms with van der Waals surface area (Å²) in [5, 5.41) is 25.3. The second-order valence-electron chi connectivity index (χ2n) is 5.51. The highest BCUT2D eigenvalue weighted by atomic mass is 32.2. The lowest BCUT2D eigenvalue weighted by atomic mass is 9.96. The van der Waals surface area contributed by atoms with Gasteiger partial charge in [0.1, 0.15) is 5.54 Å². The van der Waals surface area contributed by atoms with Crippen molar-refractivity contribution < 1.29 is 9.90 Å². The van der Waals surface area contributed by atoms with E-state index >= 15 is 0 Å². The van der Waals surface area contributed by atoms with Crippen LogP contribution in [0.15, 0.2) is 5.16 Å². The molecular formula is C12H19N5O2S. The summed E-state index contributed by atoms with van der Waals surface area (Å²) < 4.78 is 1.83. The minimum absolute atomic E-state index is 0.220. The number of carboxylic acid groups (broad SMARTS) is 1. The third-order valence-corrected chi connectivity index (χ3v) is 5.06. The Morgan fingerprint density at radius 3 is 2.80 bits per heavy atom. The van der Waals surface area contributed by atoms with Gasteiger partial charge in [-0.05, 0) is 48.6 Å². The number of likely N-dealkylation sites (N-methyl/N-ethyl adjacent to an activating group) is 1. The van der Waals surface area contributed by atoms with Crippen LogP contribution in [0.4, 0.5) is 0 Å². The summed E-state index contributed by atoms with van der Waals surface area (Å²) in [5.74, 6) is -0.0778. The fraction of sp³-hybridized carbons (Fsp3) is 0.833. The van der Waals surface area contributed by atoms with Gasteiger partial charge in [-0.2, -0.15) is 0 Å². The maximum absolute atomic E-state index is 11.7. The Hall–Kier alpha value is -1.15. The molecule has 0 spiro atoms. The molecule has 3 rings (SSSR count). The van der Waals surface area contributed by atoms with Gasteiger partial charge in [-0.25, -0.2) is 4.68 Å². The molecule has 20 heavy (non-hydrogen) atoms. The lowest BCUT2D eigenvalue weighted by Gasteiger charge is -2.29. The van der Waals surface area contributed by atoms with E-state index < -0.39 is 11.5 Å². The normalized spacial score (nSPS) is 21.6. The van der Waals surface area contributed by atoms with E-state index in [4.69, 9.17) is 0 Å². The summed E-state index contributed by atoms with van der Waals surface area (Å²) in [6.07, 6.45) is 4.18. The van der Waals surface area contributed by atoms with E-state index in [1.165, 1.54) is 11.8 Å². The molecule has 1 aromatic rings. The number of tetrazole rings is 1. The van der Waals surface area contributed by atoms with Gasteiger partial charge in [0, 0.05) is 5.75 Å². The van der Waals surface area contributed by atoms with Crippen LogP contribution in [0, 0.1) is 5.92 Å². The zero-order chi connectivity index (χ0) is 14.2. The molecule has 1 atom stereocenters. The van der Waals surface area contributed by atoms with E-state index in [-0.39, 0.29) is 5.92 Å². The number of rotatable bonds is 8. The first kappa shape index (κ1) is 13.8. The predicted molar refractivity (Wildman–Crippen MR) is 73.6 cm³/mol. The van der Waals surface area contributed by atoms with Gasteiger partial charge in [0.25, 0.3) is 0 Å². The first-order valence-corrected chi connectivity index (χ1v) is 8.05. The molecule has 1 heterocycles. The van der Waals surface area contributed by atoms with Crippen LogP contribution in [0.3, 0.4) is 0 Å². The molecular weight excluding hydrogens is 278 g/mol. The van der Waals surface area contributed by atoms with Gasteiger partial charge in [-0.15, -0.1) is 5.10 Å². The lowest BCUT2D eigenvalue weighted by molar-refractivity contribution is -0.144. The van der Waals surface area contributed by atoms with Crippen LogP contribution in [0.1, 0.15) is 38.6 Å². The second-order valence-corrected chi connectivity index (χ2v) is 6.45. The highest BCUT2D eigenvalue weighted by Gasteiger charge is 2.51. The maximum Gasteiger partial charge on any atom is 0.325 e. The fourth-order valence-electron chi connectivity index (χ4n) is 2.52. The number of aliphatic carboxylic acids is 1. The van der Waals surface area contributed by atoms with Crippen molar-refractivity contribution in [3.63, 3.8) is 0 Å². The number of aromatic nitrogens is 4. The first-order chi connectivity index (χ1) is 9.67. The predicted octanol–water partition coefficient (Wildman–Crippen LogP) is 0.943. The van der Waals surface area contributed by atoms with Crippen molar-refractivity contribution in [2.24, 2.45) is 5.92 Å². The summed E-state index contributed by atoms with van der Waals surface area (Å²) in [6, 6.07) is 0.409. The van der Waals surface area contributed by atoms with Crippen molar-refractivity contribution in [1.82, 2.24) is 25.5 Å². The Morgan fingerprint density at radius 1 is 1.50 bits per heavy atom. The molecule has 2 N–H and O–H groups in total. The van der Waals surface area contributed by atoms with Crippen molar-refractivity contribution in [1.29, 1.82) is 0 Å². The molecule has 0 aliphatic heterocycles. The molecule has 0 aromatic carbocycles. The van der Waals surface area contributed by atoms with Crippen molar-refractivity contribution >= 4 is 17.7 Å². The Labute approximate surface area is 121 Å². The molecule has 110 valence electrons. The summed E-state index contributed by atoms with van der Waals surface area (Å²) in [6.45, 7) is 2.59. The van der Waals surface area contributed by atoms with Crippen LogP contribution in [0.5, 0.6) is 0 Å². The largest absolute Gasteiger partial charge is 0.480 e. The number of carboxylic acids is 1. The zero-order valence-corrected chi connectivity index (χ0v) is 12.3. The average molecular weight is 297 g/mol. The van der Waals surface area contributed by atoms with Gasteiger partial charge in [-0.1, -0.05) is 18.7 Å². The number of hydrogen-bond acceptors (Lipinski definition) is 6. The molecule has 1 unspecified atom stereocenters. The average Bonchev–Trinajstić information content (AvgIpc) is 3.33. The van der Waals surface area contributed by atoms with Gasteiger partial charge in [0.15, 0.2) is 0 Å². The van der Waals surface area contributed by atoms with Crippen molar-refractivity contribution in [3.8, 4) is 0 Å². The van der Waals surface area contributed by atoms with E-state index in [0.29, 0.717) is 18.3 Å². The van der Waals surface area contributed by atoms with Gasteiger partial charge >= 0.3 is 5.97 Å². The van der Waals surface area contributed by atoms with Crippen molar-refractivity contribution in [2.75, 3.05) is 12.3 Å². The van der Waals surface area contributed by atoms with Crippen molar-refractivity contribution in [2.45, 2.75) is 49.3 Å². The molecule has 0 saturated heterocycles. The molecule has 0 radical (unpaired) electrons. The van der Waals surface area contributed by atoms with Crippen LogP contribution in [-0.4, -0.2) is 49.1 Å². The molecule has 8 heteroatoms. The van der Waals surface area contributed by atoms with Gasteiger partial charge in [0.2, 0.25) is 5.16 Å². The van der Waals surface area contributed by atoms with Crippen LogP contribution < -0.4 is 5.32 Å². The van der Waals surface area contributed by atoms with E-state index in [9.17, 15) is 9.90 Å². The Kier molecular flexibility index (Phi) is 3.68. The second kappa shape index (κ2) is 5.33. The minimum Gasteiger partial charge on any atom is -0.480 e. The molecule has 1 aromatic heterocycles. The molecule has 0 bridgehead atoms. The van der Waals surface area contributed by atoms with Crippen LogP contribution in [0.2, 0.25) is 0 Å². The SMILES string of the molecule is CCNC(CSc1nnnn1C1CC1)(C(=O)O)C1CC1. The van der Waals surface area contributed by atoms with E-state index in [2.05, 4.69) is 20.8 Å². The minimum atomic E-state index is -0.847. The smallest absolute Gasteiger partial charge is 0.325 e. The summed E-state index contributed by atoms with van der Waals surface area (Å²) in [5.41, 5.74) is -0.847. The summed E-state index contributed by atoms with van der Waals surface area (Å²) >= 11 is 1.45. The molecule has 2 aliphatic carbocycles. The van der Waals surface area contributed by atoms with Crippen LogP contribution >= 0.6 is 11.8 Å². The number of hydrogen-bond donors (Lipinski definition) is 2. The highest BCUT2D eigenvalue weighted by Crippen LogP contribution is 2.43. The molecule has 7 nitrogen and oxygen atoms in total. The topological polar surface area (TPSA) is 92.9 Å². The summed E-state index contributed by atoms with van der Waals surface area (Å²) in [4.78, 5) is 11.7. The molecule has 0 amide bonds. The standard InChI is InChI=1S/C12H19N5O2S/c1-2-13-12(10(18)19,8-3-4-8)7-20-11-14-15-16-17(11)9-5-6-9/h8-9,13H,2-7H2,1H3,(H,18,19). The monoisotopic (exact) mass is 297 g/mol. The molecule has 2 aliphatic rings. The number of thioether (sulfide) groups is 1. The lowest BCUT2D eigenvalue weighted by Crippen LogP contribution is -2.56. The fourth-order valence-corrected chi connectivity index (χ4v) is 3.75. The quantitative estimate of drug-likeness (QED) is 0.690. The van der Waals surface area contributed by atoms with Gasteiger partial charge in [0.05, 0.1) is 6.04 Å². The number of nitrogens with one attached hydrogen (secondary N) is 1. The third-order valence-electron chi connectivity index (χ3n) is 3.93. The molecule has 2 saturated carbocycles. The van der Waals surface area contributed by atoms with E-state index in [0.717, 1.165) is 30.8 Å². The number of carbonyl (C=O) groups is 1. The van der Waals surface area contributed by atoms with E-state index in [1.807, 2.05) is 11.6 Å². The van der Waals surface area contributed by atoms with E-state index in [1.54, 1.807) is 0 Å². The number of nitrogens with zero attached hydrogens (tertiary/aromatic N) is 4. The maximum atomic E-state index is 11.7. The third kappa shape index (κ3) is 2.54. The molecule has 2 fully saturated rings. The van der Waals surface area contributed by atoms with Crippen LogP contribution in [0.25, 0.3) is 0 Å². The van der Waals surface area contributed by atoms with Crippen molar-refractivity contribution in [3.05, 3.63) is 0 Å². The Bertz CT molecular complexity index is 500.